The zero-order valence-electron chi connectivity index (χ0n) is 27.0. The highest BCUT2D eigenvalue weighted by Gasteiger charge is 2.18. The molecule has 10 rings (SSSR count). The number of hydrogen-bond acceptors (Lipinski definition) is 3. The zero-order chi connectivity index (χ0) is 33.0. The first-order valence-electron chi connectivity index (χ1n) is 16.8. The van der Waals surface area contributed by atoms with Crippen LogP contribution in [0.4, 0.5) is 0 Å². The Hall–Kier alpha value is -6.85. The van der Waals surface area contributed by atoms with Crippen LogP contribution in [-0.4, -0.2) is 24.1 Å². The van der Waals surface area contributed by atoms with Crippen LogP contribution < -0.4 is 0 Å². The Kier molecular flexibility index (Phi) is 6.42. The van der Waals surface area contributed by atoms with Crippen molar-refractivity contribution in [3.8, 4) is 45.3 Å². The highest BCUT2D eigenvalue weighted by molar-refractivity contribution is 6.21. The van der Waals surface area contributed by atoms with E-state index in [-0.39, 0.29) is 0 Å². The van der Waals surface area contributed by atoms with E-state index in [0.29, 0.717) is 5.82 Å². The average Bonchev–Trinajstić information content (AvgIpc) is 3.78. The molecule has 0 fully saturated rings. The SMILES string of the molecule is c1ccc(-n2ccc3c4c5ccccc5n(-c5cccc(-c6nc(-c7ccc(-c8ccccn8)cc7)c7ccccc7n6)c5)c4ccc32)cc1. The third kappa shape index (κ3) is 4.52. The Labute approximate surface area is 288 Å². The van der Waals surface area contributed by atoms with Crippen molar-refractivity contribution in [2.24, 2.45) is 0 Å². The summed E-state index contributed by atoms with van der Waals surface area (Å²) in [6.45, 7) is 0. The van der Waals surface area contributed by atoms with Crippen LogP contribution in [0.1, 0.15) is 0 Å². The molecule has 0 aliphatic heterocycles. The number of benzene rings is 6. The van der Waals surface area contributed by atoms with Crippen LogP contribution in [0.15, 0.2) is 176 Å². The van der Waals surface area contributed by atoms with Crippen molar-refractivity contribution in [2.75, 3.05) is 0 Å². The first kappa shape index (κ1) is 28.2. The lowest BCUT2D eigenvalue weighted by Crippen LogP contribution is -1.98. The molecule has 0 amide bonds. The van der Waals surface area contributed by atoms with Crippen LogP contribution in [0.5, 0.6) is 0 Å². The molecule has 10 aromatic rings. The molecule has 0 N–H and O–H groups in total. The molecule has 0 aliphatic rings. The minimum Gasteiger partial charge on any atom is -0.317 e. The molecule has 0 radical (unpaired) electrons. The summed E-state index contributed by atoms with van der Waals surface area (Å²) < 4.78 is 4.63. The van der Waals surface area contributed by atoms with Crippen molar-refractivity contribution in [3.05, 3.63) is 176 Å². The molecule has 0 bridgehead atoms. The van der Waals surface area contributed by atoms with Gasteiger partial charge in [-0.3, -0.25) is 4.98 Å². The second-order valence-electron chi connectivity index (χ2n) is 12.5. The van der Waals surface area contributed by atoms with Gasteiger partial charge in [0.15, 0.2) is 5.82 Å². The van der Waals surface area contributed by atoms with Crippen LogP contribution in [0, 0.1) is 0 Å². The van der Waals surface area contributed by atoms with Gasteiger partial charge in [-0.05, 0) is 66.7 Å². The maximum Gasteiger partial charge on any atom is 0.160 e. The topological polar surface area (TPSA) is 48.5 Å². The molecule has 5 nitrogen and oxygen atoms in total. The molecule has 4 aromatic heterocycles. The van der Waals surface area contributed by atoms with Crippen molar-refractivity contribution < 1.29 is 0 Å². The Morgan fingerprint density at radius 2 is 1.16 bits per heavy atom. The van der Waals surface area contributed by atoms with Crippen molar-refractivity contribution in [1.82, 2.24) is 24.1 Å². The second kappa shape index (κ2) is 11.4. The fraction of sp³-hybridized carbons (Fsp3) is 0. The molecule has 4 heterocycles. The number of para-hydroxylation sites is 3. The molecular weight excluding hydrogens is 611 g/mol. The Morgan fingerprint density at radius 1 is 0.440 bits per heavy atom. The van der Waals surface area contributed by atoms with Crippen LogP contribution in [0.3, 0.4) is 0 Å². The number of rotatable bonds is 5. The highest BCUT2D eigenvalue weighted by Crippen LogP contribution is 2.39. The van der Waals surface area contributed by atoms with E-state index < -0.39 is 0 Å². The summed E-state index contributed by atoms with van der Waals surface area (Å²) in [7, 11) is 0. The molecule has 0 unspecified atom stereocenters. The number of pyridine rings is 1. The van der Waals surface area contributed by atoms with Crippen LogP contribution >= 0.6 is 0 Å². The molecule has 50 heavy (non-hydrogen) atoms. The van der Waals surface area contributed by atoms with E-state index in [1.807, 2.05) is 36.5 Å². The summed E-state index contributed by atoms with van der Waals surface area (Å²) in [5.74, 6) is 0.692. The summed E-state index contributed by atoms with van der Waals surface area (Å²) in [4.78, 5) is 14.8. The fourth-order valence-corrected chi connectivity index (χ4v) is 7.32. The number of hydrogen-bond donors (Lipinski definition) is 0. The molecule has 0 spiro atoms. The van der Waals surface area contributed by atoms with Crippen LogP contribution in [0.2, 0.25) is 0 Å². The lowest BCUT2D eigenvalue weighted by atomic mass is 10.0. The molecule has 0 aliphatic carbocycles. The van der Waals surface area contributed by atoms with E-state index in [2.05, 4.69) is 154 Å². The van der Waals surface area contributed by atoms with Gasteiger partial charge in [0.05, 0.1) is 33.5 Å². The minimum atomic E-state index is 0.692. The number of aromatic nitrogens is 5. The van der Waals surface area contributed by atoms with Gasteiger partial charge in [-0.15, -0.1) is 0 Å². The van der Waals surface area contributed by atoms with Gasteiger partial charge in [-0.2, -0.15) is 0 Å². The van der Waals surface area contributed by atoms with Gasteiger partial charge in [0.25, 0.3) is 0 Å². The fourth-order valence-electron chi connectivity index (χ4n) is 7.32. The molecule has 0 atom stereocenters. The third-order valence-corrected chi connectivity index (χ3v) is 9.62. The van der Waals surface area contributed by atoms with E-state index in [4.69, 9.17) is 9.97 Å². The lowest BCUT2D eigenvalue weighted by Gasteiger charge is -2.12. The normalized spacial score (nSPS) is 11.6. The van der Waals surface area contributed by atoms with E-state index in [0.717, 1.165) is 61.4 Å². The summed E-state index contributed by atoms with van der Waals surface area (Å²) >= 11 is 0. The van der Waals surface area contributed by atoms with Crippen molar-refractivity contribution in [1.29, 1.82) is 0 Å². The minimum absolute atomic E-state index is 0.692. The average molecular weight is 640 g/mol. The zero-order valence-corrected chi connectivity index (χ0v) is 27.0. The van der Waals surface area contributed by atoms with Gasteiger partial charge in [0.1, 0.15) is 0 Å². The van der Waals surface area contributed by atoms with Crippen LogP contribution in [0.25, 0.3) is 88.9 Å². The number of nitrogens with zero attached hydrogens (tertiary/aromatic N) is 5. The maximum absolute atomic E-state index is 5.22. The van der Waals surface area contributed by atoms with Crippen molar-refractivity contribution in [2.45, 2.75) is 0 Å². The predicted molar refractivity (Wildman–Crippen MR) is 205 cm³/mol. The molecular formula is C45H29N5. The largest absolute Gasteiger partial charge is 0.317 e. The summed E-state index contributed by atoms with van der Waals surface area (Å²) in [5.41, 5.74) is 11.6. The highest BCUT2D eigenvalue weighted by atomic mass is 15.0. The van der Waals surface area contributed by atoms with Crippen molar-refractivity contribution >= 4 is 43.6 Å². The Bertz CT molecular complexity index is 2850. The number of fused-ring (bicyclic) bond motifs is 6. The monoisotopic (exact) mass is 639 g/mol. The quantitative estimate of drug-likeness (QED) is 0.188. The Morgan fingerprint density at radius 3 is 2.02 bits per heavy atom. The van der Waals surface area contributed by atoms with Crippen LogP contribution in [-0.2, 0) is 0 Å². The summed E-state index contributed by atoms with van der Waals surface area (Å²) in [6.07, 6.45) is 4.00. The summed E-state index contributed by atoms with van der Waals surface area (Å²) in [5, 5.41) is 4.72. The predicted octanol–water partition coefficient (Wildman–Crippen LogP) is 11.1. The first-order valence-corrected chi connectivity index (χ1v) is 16.8. The van der Waals surface area contributed by atoms with E-state index >= 15 is 0 Å². The van der Waals surface area contributed by atoms with E-state index in [1.54, 1.807) is 0 Å². The van der Waals surface area contributed by atoms with E-state index in [1.165, 1.54) is 21.7 Å². The Balaban J connectivity index is 1.12. The van der Waals surface area contributed by atoms with Gasteiger partial charge < -0.3 is 9.13 Å². The second-order valence-corrected chi connectivity index (χ2v) is 12.5. The molecule has 0 saturated carbocycles. The van der Waals surface area contributed by atoms with Gasteiger partial charge in [0.2, 0.25) is 0 Å². The third-order valence-electron chi connectivity index (χ3n) is 9.62. The smallest absolute Gasteiger partial charge is 0.160 e. The summed E-state index contributed by atoms with van der Waals surface area (Å²) in [6, 6.07) is 57.2. The van der Waals surface area contributed by atoms with Gasteiger partial charge >= 0.3 is 0 Å². The van der Waals surface area contributed by atoms with Gasteiger partial charge in [0, 0.05) is 62.0 Å². The molecule has 5 heteroatoms. The standard InChI is InChI=1S/C45H29N5/c1-2-12-33(13-3-1)49-28-26-37-40(49)24-25-42-43(37)36-16-5-7-19-41(36)50(42)34-14-10-11-32(29-34)45-47-39-18-6-4-15-35(39)44(48-45)31-22-20-30(21-23-31)38-17-8-9-27-46-38/h1-29H. The lowest BCUT2D eigenvalue weighted by molar-refractivity contribution is 1.13. The van der Waals surface area contributed by atoms with E-state index in [9.17, 15) is 0 Å². The molecule has 234 valence electrons. The van der Waals surface area contributed by atoms with Crippen molar-refractivity contribution in [3.63, 3.8) is 0 Å². The first-order chi connectivity index (χ1) is 24.8. The maximum atomic E-state index is 5.22. The molecule has 6 aromatic carbocycles. The van der Waals surface area contributed by atoms with Gasteiger partial charge in [-0.25, -0.2) is 9.97 Å². The van der Waals surface area contributed by atoms with Gasteiger partial charge in [-0.1, -0.05) is 97.1 Å². The molecule has 0 saturated heterocycles.